The number of carbonyl (C=O) groups is 1. The zero-order chi connectivity index (χ0) is 11.4. The van der Waals surface area contributed by atoms with Crippen molar-refractivity contribution in [2.24, 2.45) is 5.92 Å². The van der Waals surface area contributed by atoms with Crippen molar-refractivity contribution in [2.75, 3.05) is 0 Å². The summed E-state index contributed by atoms with van der Waals surface area (Å²) in [5.74, 6) is 0.702. The summed E-state index contributed by atoms with van der Waals surface area (Å²) in [5, 5.41) is 0. The van der Waals surface area contributed by atoms with Crippen LogP contribution in [0.4, 0.5) is 0 Å². The number of hydrogen-bond acceptors (Lipinski definition) is 1. The first-order valence-corrected chi connectivity index (χ1v) is 6.12. The maximum atomic E-state index is 12.3. The maximum Gasteiger partial charge on any atom is 0.188 e. The second kappa shape index (κ2) is 5.11. The van der Waals surface area contributed by atoms with Crippen LogP contribution in [0.1, 0.15) is 43.0 Å². The van der Waals surface area contributed by atoms with Crippen molar-refractivity contribution >= 4 is 5.78 Å². The van der Waals surface area contributed by atoms with E-state index in [1.165, 1.54) is 12.8 Å². The highest BCUT2D eigenvalue weighted by Crippen LogP contribution is 2.29. The van der Waals surface area contributed by atoms with Gasteiger partial charge in [-0.15, -0.1) is 0 Å². The Bertz CT molecular complexity index is 389. The van der Waals surface area contributed by atoms with Gasteiger partial charge >= 0.3 is 0 Å². The van der Waals surface area contributed by atoms with Crippen molar-refractivity contribution in [1.82, 2.24) is 0 Å². The van der Waals surface area contributed by atoms with Crippen LogP contribution in [0.2, 0.25) is 0 Å². The Morgan fingerprint density at radius 3 is 2.75 bits per heavy atom. The van der Waals surface area contributed by atoms with Crippen LogP contribution in [0.15, 0.2) is 42.0 Å². The van der Waals surface area contributed by atoms with Crippen molar-refractivity contribution in [1.29, 1.82) is 0 Å². The van der Waals surface area contributed by atoms with E-state index >= 15 is 0 Å². The van der Waals surface area contributed by atoms with Gasteiger partial charge in [0.1, 0.15) is 0 Å². The molecule has 0 fully saturated rings. The van der Waals surface area contributed by atoms with Gasteiger partial charge in [-0.25, -0.2) is 0 Å². The highest BCUT2D eigenvalue weighted by atomic mass is 16.1. The Hall–Kier alpha value is -1.37. The highest BCUT2D eigenvalue weighted by Gasteiger charge is 2.22. The van der Waals surface area contributed by atoms with Gasteiger partial charge in [0.05, 0.1) is 0 Å². The minimum atomic E-state index is 0.229. The first kappa shape index (κ1) is 11.1. The number of hydrogen-bond donors (Lipinski definition) is 0. The molecule has 16 heavy (non-hydrogen) atoms. The van der Waals surface area contributed by atoms with E-state index in [9.17, 15) is 4.79 Å². The van der Waals surface area contributed by atoms with Gasteiger partial charge in [-0.05, 0) is 37.2 Å². The molecule has 0 unspecified atom stereocenters. The molecule has 0 spiro atoms. The number of carbonyl (C=O) groups excluding carboxylic acids is 1. The summed E-state index contributed by atoms with van der Waals surface area (Å²) >= 11 is 0. The summed E-state index contributed by atoms with van der Waals surface area (Å²) in [7, 11) is 0. The number of benzene rings is 1. The zero-order valence-electron chi connectivity index (χ0n) is 9.78. The lowest BCUT2D eigenvalue weighted by Crippen LogP contribution is -2.16. The van der Waals surface area contributed by atoms with Crippen molar-refractivity contribution in [3.8, 4) is 0 Å². The van der Waals surface area contributed by atoms with Crippen LogP contribution < -0.4 is 0 Å². The molecule has 2 rings (SSSR count). The van der Waals surface area contributed by atoms with E-state index in [1.54, 1.807) is 0 Å². The summed E-state index contributed by atoms with van der Waals surface area (Å²) in [5.41, 5.74) is 1.87. The lowest BCUT2D eigenvalue weighted by atomic mass is 9.82. The number of allylic oxidation sites excluding steroid dienone is 2. The summed E-state index contributed by atoms with van der Waals surface area (Å²) in [6.45, 7) is 2.17. The SMILES string of the molecule is CC[C@@H]1CCCC=C1C(=O)c1ccccc1. The molecule has 0 amide bonds. The second-order valence-corrected chi connectivity index (χ2v) is 4.39. The fourth-order valence-corrected chi connectivity index (χ4v) is 2.40. The van der Waals surface area contributed by atoms with Crippen LogP contribution in [0, 0.1) is 5.92 Å². The topological polar surface area (TPSA) is 17.1 Å². The Kier molecular flexibility index (Phi) is 3.55. The molecule has 0 N–H and O–H groups in total. The normalized spacial score (nSPS) is 20.3. The van der Waals surface area contributed by atoms with Crippen LogP contribution in [0.3, 0.4) is 0 Å². The molecule has 0 saturated carbocycles. The van der Waals surface area contributed by atoms with Crippen LogP contribution in [0.25, 0.3) is 0 Å². The van der Waals surface area contributed by atoms with Crippen molar-refractivity contribution in [3.63, 3.8) is 0 Å². The molecule has 1 aliphatic rings. The molecule has 84 valence electrons. The summed E-state index contributed by atoms with van der Waals surface area (Å²) in [4.78, 5) is 12.3. The Morgan fingerprint density at radius 2 is 2.06 bits per heavy atom. The van der Waals surface area contributed by atoms with Crippen LogP contribution in [0.5, 0.6) is 0 Å². The molecule has 1 aromatic rings. The van der Waals surface area contributed by atoms with Crippen LogP contribution in [-0.2, 0) is 0 Å². The predicted octanol–water partition coefficient (Wildman–Crippen LogP) is 4.01. The van der Waals surface area contributed by atoms with Gasteiger partial charge in [-0.1, -0.05) is 43.3 Å². The highest BCUT2D eigenvalue weighted by molar-refractivity contribution is 6.09. The fourth-order valence-electron chi connectivity index (χ4n) is 2.40. The second-order valence-electron chi connectivity index (χ2n) is 4.39. The monoisotopic (exact) mass is 214 g/mol. The fraction of sp³-hybridized carbons (Fsp3) is 0.400. The van der Waals surface area contributed by atoms with Gasteiger partial charge in [-0.2, -0.15) is 0 Å². The first-order chi connectivity index (χ1) is 7.83. The van der Waals surface area contributed by atoms with Gasteiger partial charge in [0, 0.05) is 5.56 Å². The third-order valence-corrected chi connectivity index (χ3v) is 3.35. The third-order valence-electron chi connectivity index (χ3n) is 3.35. The smallest absolute Gasteiger partial charge is 0.188 e. The van der Waals surface area contributed by atoms with E-state index < -0.39 is 0 Å². The molecule has 0 saturated heterocycles. The first-order valence-electron chi connectivity index (χ1n) is 6.12. The number of Topliss-reactive ketones (excluding diaryl/α,β-unsaturated/α-hetero) is 1. The molecular weight excluding hydrogens is 196 g/mol. The molecule has 0 heterocycles. The van der Waals surface area contributed by atoms with Gasteiger partial charge in [0.2, 0.25) is 0 Å². The summed E-state index contributed by atoms with van der Waals surface area (Å²) in [6.07, 6.45) is 6.67. The minimum absolute atomic E-state index is 0.229. The average Bonchev–Trinajstić information content (AvgIpc) is 2.39. The molecule has 1 atom stereocenters. The maximum absolute atomic E-state index is 12.3. The minimum Gasteiger partial charge on any atom is -0.289 e. The average molecular weight is 214 g/mol. The van der Waals surface area contributed by atoms with Crippen LogP contribution >= 0.6 is 0 Å². The van der Waals surface area contributed by atoms with Crippen molar-refractivity contribution in [3.05, 3.63) is 47.5 Å². The zero-order valence-corrected chi connectivity index (χ0v) is 9.78. The molecule has 0 radical (unpaired) electrons. The largest absolute Gasteiger partial charge is 0.289 e. The predicted molar refractivity (Wildman–Crippen MR) is 66.5 cm³/mol. The molecule has 1 nitrogen and oxygen atoms in total. The standard InChI is InChI=1S/C15H18O/c1-2-12-8-6-7-11-14(12)15(16)13-9-4-3-5-10-13/h3-5,9-12H,2,6-8H2,1H3/t12-/m1/s1. The molecular formula is C15H18O. The molecule has 0 bridgehead atoms. The Labute approximate surface area is 97.2 Å². The van der Waals surface area contributed by atoms with Gasteiger partial charge in [0.25, 0.3) is 0 Å². The quantitative estimate of drug-likeness (QED) is 0.695. The van der Waals surface area contributed by atoms with Crippen LogP contribution in [-0.4, -0.2) is 5.78 Å². The van der Waals surface area contributed by atoms with E-state index in [0.717, 1.165) is 24.0 Å². The summed E-state index contributed by atoms with van der Waals surface area (Å²) < 4.78 is 0. The number of rotatable bonds is 3. The van der Waals surface area contributed by atoms with Gasteiger partial charge in [-0.3, -0.25) is 4.79 Å². The molecule has 0 aromatic heterocycles. The molecule has 0 aliphatic heterocycles. The van der Waals surface area contributed by atoms with Gasteiger partial charge < -0.3 is 0 Å². The Balaban J connectivity index is 2.24. The van der Waals surface area contributed by atoms with Crippen molar-refractivity contribution in [2.45, 2.75) is 32.6 Å². The third kappa shape index (κ3) is 2.24. The van der Waals surface area contributed by atoms with E-state index in [0.29, 0.717) is 5.92 Å². The molecule has 1 aromatic carbocycles. The van der Waals surface area contributed by atoms with Gasteiger partial charge in [0.15, 0.2) is 5.78 Å². The van der Waals surface area contributed by atoms with Crippen molar-refractivity contribution < 1.29 is 4.79 Å². The lowest BCUT2D eigenvalue weighted by Gasteiger charge is -2.22. The number of ketones is 1. The Morgan fingerprint density at radius 1 is 1.31 bits per heavy atom. The molecule has 1 aliphatic carbocycles. The van der Waals surface area contributed by atoms with E-state index in [1.807, 2.05) is 30.3 Å². The van der Waals surface area contributed by atoms with E-state index in [2.05, 4.69) is 13.0 Å². The van der Waals surface area contributed by atoms with E-state index in [4.69, 9.17) is 0 Å². The van der Waals surface area contributed by atoms with E-state index in [-0.39, 0.29) is 5.78 Å². The lowest BCUT2D eigenvalue weighted by molar-refractivity contribution is 0.101. The summed E-state index contributed by atoms with van der Waals surface area (Å²) in [6, 6.07) is 9.62. The molecule has 1 heteroatoms.